The lowest BCUT2D eigenvalue weighted by Gasteiger charge is -2.20. The fraction of sp³-hybridized carbons (Fsp3) is 0.963. The largest absolute Gasteiger partial charge is 0.460 e. The van der Waals surface area contributed by atoms with E-state index in [1.54, 1.807) is 0 Å². The van der Waals surface area contributed by atoms with Gasteiger partial charge >= 0.3 is 13.6 Å². The Morgan fingerprint density at radius 3 is 1.65 bits per heavy atom. The Hall–Kier alpha value is -0.420. The quantitative estimate of drug-likeness (QED) is 0.0777. The molecule has 0 amide bonds. The first-order valence-electron chi connectivity index (χ1n) is 14.0. The standard InChI is InChI=1S/C27H56NO5P/c1-5-6-7-8-9-10-11-12-13-14-15-16-17-18-19-20-22-27(33-26(2)29)25-32-34(30,31)24-21-23-28(3)4/h27H,5-25H2,1-4H3,(H,30,31). The van der Waals surface area contributed by atoms with Gasteiger partial charge in [-0.25, -0.2) is 0 Å². The Morgan fingerprint density at radius 1 is 0.794 bits per heavy atom. The van der Waals surface area contributed by atoms with Gasteiger partial charge in [-0.2, -0.15) is 0 Å². The molecular formula is C27H56NO5P. The molecule has 0 bridgehead atoms. The summed E-state index contributed by atoms with van der Waals surface area (Å²) in [5.41, 5.74) is 0. The summed E-state index contributed by atoms with van der Waals surface area (Å²) in [6, 6.07) is 0. The van der Waals surface area contributed by atoms with Crippen molar-refractivity contribution in [1.82, 2.24) is 4.90 Å². The van der Waals surface area contributed by atoms with Gasteiger partial charge < -0.3 is 19.1 Å². The van der Waals surface area contributed by atoms with Gasteiger partial charge in [0, 0.05) is 6.92 Å². The molecule has 34 heavy (non-hydrogen) atoms. The molecular weight excluding hydrogens is 449 g/mol. The highest BCUT2D eigenvalue weighted by atomic mass is 31.2. The highest BCUT2D eigenvalue weighted by Crippen LogP contribution is 2.42. The summed E-state index contributed by atoms with van der Waals surface area (Å²) in [6.45, 7) is 4.37. The topological polar surface area (TPSA) is 76.1 Å². The maximum atomic E-state index is 12.2. The number of unbranched alkanes of at least 4 members (excludes halogenated alkanes) is 15. The first kappa shape index (κ1) is 33.6. The first-order chi connectivity index (χ1) is 16.3. The minimum atomic E-state index is -3.64. The van der Waals surface area contributed by atoms with Crippen LogP contribution in [0.25, 0.3) is 0 Å². The maximum Gasteiger partial charge on any atom is 0.328 e. The molecule has 0 aliphatic carbocycles. The predicted octanol–water partition coefficient (Wildman–Crippen LogP) is 7.72. The van der Waals surface area contributed by atoms with Gasteiger partial charge in [0.15, 0.2) is 0 Å². The number of nitrogens with zero attached hydrogens (tertiary/aromatic N) is 1. The summed E-state index contributed by atoms with van der Waals surface area (Å²) in [5, 5.41) is 0. The summed E-state index contributed by atoms with van der Waals surface area (Å²) in [4.78, 5) is 23.4. The van der Waals surface area contributed by atoms with Gasteiger partial charge in [0.05, 0.1) is 12.8 Å². The molecule has 0 fully saturated rings. The van der Waals surface area contributed by atoms with Crippen LogP contribution >= 0.6 is 7.60 Å². The van der Waals surface area contributed by atoms with E-state index in [-0.39, 0.29) is 18.7 Å². The van der Waals surface area contributed by atoms with Gasteiger partial charge in [-0.1, -0.05) is 103 Å². The van der Waals surface area contributed by atoms with Crippen LogP contribution in [0, 0.1) is 0 Å². The first-order valence-corrected chi connectivity index (χ1v) is 15.8. The third-order valence-corrected chi connectivity index (χ3v) is 7.65. The van der Waals surface area contributed by atoms with Crippen molar-refractivity contribution >= 4 is 13.6 Å². The van der Waals surface area contributed by atoms with E-state index in [2.05, 4.69) is 6.92 Å². The maximum absolute atomic E-state index is 12.2. The fourth-order valence-electron chi connectivity index (χ4n) is 4.18. The predicted molar refractivity (Wildman–Crippen MR) is 144 cm³/mol. The smallest absolute Gasteiger partial charge is 0.328 e. The molecule has 0 rings (SSSR count). The number of hydrogen-bond acceptors (Lipinski definition) is 5. The van der Waals surface area contributed by atoms with Crippen molar-refractivity contribution in [3.8, 4) is 0 Å². The zero-order chi connectivity index (χ0) is 25.5. The second kappa shape index (κ2) is 23.0. The molecule has 0 aromatic carbocycles. The van der Waals surface area contributed by atoms with E-state index in [4.69, 9.17) is 9.26 Å². The molecule has 0 aromatic heterocycles. The fourth-order valence-corrected chi connectivity index (χ4v) is 5.25. The van der Waals surface area contributed by atoms with Gasteiger partial charge in [0.2, 0.25) is 0 Å². The number of ether oxygens (including phenoxy) is 1. The normalized spacial score (nSPS) is 14.3. The Balaban J connectivity index is 3.72. The van der Waals surface area contributed by atoms with Crippen LogP contribution in [0.4, 0.5) is 0 Å². The number of hydrogen-bond donors (Lipinski definition) is 1. The second-order valence-corrected chi connectivity index (χ2v) is 12.1. The summed E-state index contributed by atoms with van der Waals surface area (Å²) < 4.78 is 22.8. The molecule has 2 unspecified atom stereocenters. The summed E-state index contributed by atoms with van der Waals surface area (Å²) >= 11 is 0. The molecule has 6 nitrogen and oxygen atoms in total. The molecule has 1 N–H and O–H groups in total. The van der Waals surface area contributed by atoms with Crippen molar-refractivity contribution in [3.63, 3.8) is 0 Å². The minimum absolute atomic E-state index is 0.00589. The van der Waals surface area contributed by atoms with Crippen molar-refractivity contribution in [2.45, 2.75) is 136 Å². The zero-order valence-corrected chi connectivity index (χ0v) is 23.8. The second-order valence-electron chi connectivity index (χ2n) is 10.1. The van der Waals surface area contributed by atoms with E-state index in [0.29, 0.717) is 12.8 Å². The van der Waals surface area contributed by atoms with E-state index >= 15 is 0 Å². The third kappa shape index (κ3) is 24.7. The van der Waals surface area contributed by atoms with Gasteiger partial charge in [0.1, 0.15) is 6.10 Å². The number of rotatable bonds is 25. The van der Waals surface area contributed by atoms with Crippen molar-refractivity contribution in [3.05, 3.63) is 0 Å². The SMILES string of the molecule is CCCCCCCCCCCCCCCCCCC(COP(=O)(O)CCCN(C)C)OC(C)=O. The van der Waals surface area contributed by atoms with Crippen molar-refractivity contribution in [2.75, 3.05) is 33.4 Å². The van der Waals surface area contributed by atoms with Crippen LogP contribution < -0.4 is 0 Å². The minimum Gasteiger partial charge on any atom is -0.460 e. The van der Waals surface area contributed by atoms with E-state index < -0.39 is 13.7 Å². The van der Waals surface area contributed by atoms with Crippen molar-refractivity contribution in [1.29, 1.82) is 0 Å². The zero-order valence-electron chi connectivity index (χ0n) is 22.9. The van der Waals surface area contributed by atoms with E-state index in [0.717, 1.165) is 19.4 Å². The molecule has 0 spiro atoms. The van der Waals surface area contributed by atoms with Gasteiger partial charge in [-0.3, -0.25) is 9.36 Å². The van der Waals surface area contributed by atoms with Crippen LogP contribution in [-0.4, -0.2) is 55.3 Å². The molecule has 0 saturated carbocycles. The van der Waals surface area contributed by atoms with Gasteiger partial charge in [0.25, 0.3) is 0 Å². The van der Waals surface area contributed by atoms with Crippen molar-refractivity contribution < 1.29 is 23.5 Å². The molecule has 204 valence electrons. The summed E-state index contributed by atoms with van der Waals surface area (Å²) in [7, 11) is 0.217. The van der Waals surface area contributed by atoms with Crippen molar-refractivity contribution in [2.24, 2.45) is 0 Å². The highest BCUT2D eigenvalue weighted by molar-refractivity contribution is 7.52. The molecule has 0 aromatic rings. The molecule has 0 aliphatic heterocycles. The van der Waals surface area contributed by atoms with Gasteiger partial charge in [-0.05, 0) is 39.9 Å². The Morgan fingerprint density at radius 2 is 1.24 bits per heavy atom. The van der Waals surface area contributed by atoms with Crippen LogP contribution in [0.1, 0.15) is 129 Å². The number of carbonyl (C=O) groups is 1. The highest BCUT2D eigenvalue weighted by Gasteiger charge is 2.22. The summed E-state index contributed by atoms with van der Waals surface area (Å²) in [5.74, 6) is -0.370. The number of esters is 1. The number of carbonyl (C=O) groups excluding carboxylic acids is 1. The molecule has 2 atom stereocenters. The van der Waals surface area contributed by atoms with E-state index in [1.165, 1.54) is 96.8 Å². The summed E-state index contributed by atoms with van der Waals surface area (Å²) in [6.07, 6.45) is 22.0. The van der Waals surface area contributed by atoms with Crippen LogP contribution in [-0.2, 0) is 18.6 Å². The van der Waals surface area contributed by atoms with Crippen LogP contribution in [0.3, 0.4) is 0 Å². The average molecular weight is 506 g/mol. The Kier molecular flexibility index (Phi) is 22.7. The molecule has 0 saturated heterocycles. The van der Waals surface area contributed by atoms with Gasteiger partial charge in [-0.15, -0.1) is 0 Å². The lowest BCUT2D eigenvalue weighted by molar-refractivity contribution is -0.148. The molecule has 0 heterocycles. The average Bonchev–Trinajstić information content (AvgIpc) is 2.76. The van der Waals surface area contributed by atoms with E-state index in [1.807, 2.05) is 19.0 Å². The van der Waals surface area contributed by atoms with Crippen LogP contribution in [0.5, 0.6) is 0 Å². The van der Waals surface area contributed by atoms with E-state index in [9.17, 15) is 14.3 Å². The molecule has 0 aliphatic rings. The lowest BCUT2D eigenvalue weighted by Crippen LogP contribution is -2.22. The lowest BCUT2D eigenvalue weighted by atomic mass is 10.0. The van der Waals surface area contributed by atoms with Crippen LogP contribution in [0.2, 0.25) is 0 Å². The molecule has 0 radical (unpaired) electrons. The Bertz CT molecular complexity index is 515. The third-order valence-electron chi connectivity index (χ3n) is 6.22. The Labute approximate surface area is 211 Å². The monoisotopic (exact) mass is 505 g/mol. The van der Waals surface area contributed by atoms with Crippen LogP contribution in [0.15, 0.2) is 0 Å². The molecule has 7 heteroatoms.